The first-order valence-corrected chi connectivity index (χ1v) is 13.4. The number of hydrogen-bond acceptors (Lipinski definition) is 7. The highest BCUT2D eigenvalue weighted by atomic mass is 16.6. The van der Waals surface area contributed by atoms with Gasteiger partial charge in [0, 0.05) is 57.1 Å². The highest BCUT2D eigenvalue weighted by Crippen LogP contribution is 2.38. The maximum absolute atomic E-state index is 13.6. The smallest absolute Gasteiger partial charge is 0.269 e. The number of nitrogens with one attached hydrogen (secondary N) is 1. The van der Waals surface area contributed by atoms with Crippen LogP contribution in [0.5, 0.6) is 5.75 Å². The maximum Gasteiger partial charge on any atom is 0.269 e. The molecular formula is C28H35N5O5. The Labute approximate surface area is 222 Å². The third kappa shape index (κ3) is 5.45. The molecule has 5 rings (SSSR count). The number of benzene rings is 2. The largest absolute Gasteiger partial charge is 0.496 e. The van der Waals surface area contributed by atoms with Crippen molar-refractivity contribution in [1.82, 2.24) is 15.1 Å². The van der Waals surface area contributed by atoms with Gasteiger partial charge in [0.1, 0.15) is 5.75 Å². The van der Waals surface area contributed by atoms with Crippen LogP contribution in [0, 0.1) is 16.0 Å². The lowest BCUT2D eigenvalue weighted by molar-refractivity contribution is -0.384. The zero-order chi connectivity index (χ0) is 26.6. The molecule has 2 aromatic rings. The van der Waals surface area contributed by atoms with E-state index in [1.807, 2.05) is 29.2 Å². The number of carbonyl (C=O) groups is 2. The van der Waals surface area contributed by atoms with E-state index >= 15 is 0 Å². The number of rotatable bonds is 8. The summed E-state index contributed by atoms with van der Waals surface area (Å²) in [6.07, 6.45) is 3.17. The zero-order valence-corrected chi connectivity index (χ0v) is 21.8. The number of nitro groups is 1. The molecule has 3 aliphatic heterocycles. The molecular weight excluding hydrogens is 486 g/mol. The van der Waals surface area contributed by atoms with Crippen LogP contribution in [-0.2, 0) is 22.4 Å². The van der Waals surface area contributed by atoms with Crippen molar-refractivity contribution in [2.45, 2.75) is 31.7 Å². The molecule has 0 aliphatic carbocycles. The lowest BCUT2D eigenvalue weighted by atomic mass is 9.83. The van der Waals surface area contributed by atoms with Gasteiger partial charge in [-0.15, -0.1) is 0 Å². The number of fused-ring (bicyclic) bond motifs is 3. The number of nitro benzene ring substituents is 1. The van der Waals surface area contributed by atoms with Gasteiger partial charge in [0.2, 0.25) is 11.8 Å². The van der Waals surface area contributed by atoms with E-state index in [9.17, 15) is 19.7 Å². The summed E-state index contributed by atoms with van der Waals surface area (Å²) in [4.78, 5) is 43.7. The number of piperazine rings is 1. The average Bonchev–Trinajstić information content (AvgIpc) is 3.48. The fourth-order valence-corrected chi connectivity index (χ4v) is 6.04. The monoisotopic (exact) mass is 521 g/mol. The Kier molecular flexibility index (Phi) is 7.78. The van der Waals surface area contributed by atoms with Crippen molar-refractivity contribution in [1.29, 1.82) is 0 Å². The van der Waals surface area contributed by atoms with E-state index in [-0.39, 0.29) is 29.5 Å². The molecule has 1 N–H and O–H groups in total. The molecule has 0 unspecified atom stereocenters. The van der Waals surface area contributed by atoms with Crippen LogP contribution in [0.4, 0.5) is 11.4 Å². The number of methoxy groups -OCH3 is 1. The topological polar surface area (TPSA) is 108 Å². The van der Waals surface area contributed by atoms with Crippen molar-refractivity contribution in [3.05, 3.63) is 63.7 Å². The van der Waals surface area contributed by atoms with Gasteiger partial charge in [0.05, 0.1) is 30.5 Å². The summed E-state index contributed by atoms with van der Waals surface area (Å²) in [7, 11) is 1.63. The van der Waals surface area contributed by atoms with Gasteiger partial charge in [0.25, 0.3) is 5.69 Å². The molecule has 2 amide bonds. The first-order valence-electron chi connectivity index (χ1n) is 13.4. The minimum absolute atomic E-state index is 0.0346. The van der Waals surface area contributed by atoms with Crippen molar-refractivity contribution in [3.63, 3.8) is 0 Å². The van der Waals surface area contributed by atoms with Gasteiger partial charge in [-0.05, 0) is 48.9 Å². The molecule has 0 bridgehead atoms. The van der Waals surface area contributed by atoms with E-state index in [1.165, 1.54) is 6.07 Å². The van der Waals surface area contributed by atoms with Crippen LogP contribution in [0.1, 0.15) is 24.0 Å². The number of ether oxygens (including phenoxy) is 1. The predicted molar refractivity (Wildman–Crippen MR) is 143 cm³/mol. The van der Waals surface area contributed by atoms with Crippen LogP contribution in [0.3, 0.4) is 0 Å². The molecule has 0 radical (unpaired) electrons. The Morgan fingerprint density at radius 1 is 1.11 bits per heavy atom. The summed E-state index contributed by atoms with van der Waals surface area (Å²) >= 11 is 0. The summed E-state index contributed by atoms with van der Waals surface area (Å²) in [5, 5.41) is 14.5. The molecule has 0 spiro atoms. The van der Waals surface area contributed by atoms with E-state index in [2.05, 4.69) is 15.1 Å². The van der Waals surface area contributed by atoms with Gasteiger partial charge >= 0.3 is 0 Å². The predicted octanol–water partition coefficient (Wildman–Crippen LogP) is 2.25. The van der Waals surface area contributed by atoms with Crippen LogP contribution in [-0.4, -0.2) is 85.5 Å². The summed E-state index contributed by atoms with van der Waals surface area (Å²) in [5.74, 6) is 0.490. The Hall–Kier alpha value is -3.66. The minimum Gasteiger partial charge on any atom is -0.496 e. The molecule has 3 heterocycles. The van der Waals surface area contributed by atoms with Crippen molar-refractivity contribution < 1.29 is 19.2 Å². The van der Waals surface area contributed by atoms with Gasteiger partial charge in [-0.3, -0.25) is 24.6 Å². The van der Waals surface area contributed by atoms with Gasteiger partial charge in [-0.25, -0.2) is 0 Å². The normalized spacial score (nSPS) is 21.0. The van der Waals surface area contributed by atoms with E-state index in [1.54, 1.807) is 19.2 Å². The second kappa shape index (κ2) is 11.4. The second-order valence-corrected chi connectivity index (χ2v) is 10.3. The number of hydrogen-bond donors (Lipinski definition) is 1. The fourth-order valence-electron chi connectivity index (χ4n) is 6.04. The molecule has 2 fully saturated rings. The van der Waals surface area contributed by atoms with Crippen LogP contribution in [0.2, 0.25) is 0 Å². The maximum atomic E-state index is 13.6. The average molecular weight is 522 g/mol. The zero-order valence-electron chi connectivity index (χ0n) is 21.8. The highest BCUT2D eigenvalue weighted by Gasteiger charge is 2.42. The summed E-state index contributed by atoms with van der Waals surface area (Å²) in [6, 6.07) is 12.6. The van der Waals surface area contributed by atoms with Gasteiger partial charge in [-0.2, -0.15) is 0 Å². The fraction of sp³-hybridized carbons (Fsp3) is 0.500. The lowest BCUT2D eigenvalue weighted by Crippen LogP contribution is -2.62. The molecule has 2 atom stereocenters. The van der Waals surface area contributed by atoms with E-state index < -0.39 is 4.92 Å². The Balaban J connectivity index is 1.32. The summed E-state index contributed by atoms with van der Waals surface area (Å²) in [5.41, 5.74) is 2.82. The van der Waals surface area contributed by atoms with Gasteiger partial charge in [-0.1, -0.05) is 18.2 Å². The lowest BCUT2D eigenvalue weighted by Gasteiger charge is -2.49. The van der Waals surface area contributed by atoms with Crippen molar-refractivity contribution in [3.8, 4) is 5.75 Å². The summed E-state index contributed by atoms with van der Waals surface area (Å²) in [6.45, 7) is 4.43. The first-order chi connectivity index (χ1) is 18.4. The molecule has 38 heavy (non-hydrogen) atoms. The van der Waals surface area contributed by atoms with Crippen molar-refractivity contribution in [2.24, 2.45) is 5.92 Å². The van der Waals surface area contributed by atoms with Crippen LogP contribution < -0.4 is 15.0 Å². The first kappa shape index (κ1) is 26.0. The number of non-ortho nitro benzene ring substituents is 1. The van der Waals surface area contributed by atoms with Crippen LogP contribution >= 0.6 is 0 Å². The van der Waals surface area contributed by atoms with E-state index in [4.69, 9.17) is 4.74 Å². The van der Waals surface area contributed by atoms with Crippen molar-refractivity contribution in [2.75, 3.05) is 57.8 Å². The molecule has 2 saturated heterocycles. The summed E-state index contributed by atoms with van der Waals surface area (Å²) < 4.78 is 5.43. The Bertz CT molecular complexity index is 1200. The minimum atomic E-state index is -0.392. The van der Waals surface area contributed by atoms with Gasteiger partial charge in [0.15, 0.2) is 0 Å². The number of carbonyl (C=O) groups excluding carboxylic acids is 2. The number of likely N-dealkylation sites (tertiary alicyclic amines) is 1. The number of anilines is 1. The number of amides is 2. The van der Waals surface area contributed by atoms with E-state index in [0.717, 1.165) is 48.5 Å². The Morgan fingerprint density at radius 3 is 2.66 bits per heavy atom. The van der Waals surface area contributed by atoms with E-state index in [0.29, 0.717) is 45.6 Å². The third-order valence-corrected chi connectivity index (χ3v) is 8.03. The van der Waals surface area contributed by atoms with Gasteiger partial charge < -0.3 is 19.9 Å². The SMILES string of the molecule is COc1ccccc1CCNC(=O)[C@@H]1Cc2cc([N+](=O)[O-])ccc2N2CCN(CC(=O)N3CCCC3)C[C@@H]12. The third-order valence-electron chi connectivity index (χ3n) is 8.03. The van der Waals surface area contributed by atoms with Crippen LogP contribution in [0.25, 0.3) is 0 Å². The van der Waals surface area contributed by atoms with Crippen molar-refractivity contribution >= 4 is 23.2 Å². The number of nitrogens with zero attached hydrogens (tertiary/aromatic N) is 4. The number of para-hydroxylation sites is 1. The molecule has 0 aromatic heterocycles. The van der Waals surface area contributed by atoms with Crippen LogP contribution in [0.15, 0.2) is 42.5 Å². The second-order valence-electron chi connectivity index (χ2n) is 10.3. The Morgan fingerprint density at radius 2 is 1.89 bits per heavy atom. The molecule has 10 nitrogen and oxygen atoms in total. The standard InChI is InChI=1S/C28H35N5O5/c1-38-26-7-3-2-6-20(26)10-11-29-28(35)23-17-21-16-22(33(36)37)8-9-24(21)32-15-14-30(18-25(23)32)19-27(34)31-12-4-5-13-31/h2-3,6-9,16,23,25H,4-5,10-15,17-19H2,1H3,(H,29,35)/t23-,25+/m1/s1. The highest BCUT2D eigenvalue weighted by molar-refractivity contribution is 5.82. The molecule has 3 aliphatic rings. The molecule has 2 aromatic carbocycles. The molecule has 202 valence electrons. The quantitative estimate of drug-likeness (QED) is 0.419. The molecule has 10 heteroatoms. The molecule has 0 saturated carbocycles.